The van der Waals surface area contributed by atoms with Crippen molar-refractivity contribution >= 4 is 17.6 Å². The van der Waals surface area contributed by atoms with Crippen LogP contribution in [0.3, 0.4) is 0 Å². The summed E-state index contributed by atoms with van der Waals surface area (Å²) in [5.41, 5.74) is 0. The molecule has 2 nitrogen and oxygen atoms in total. The van der Waals surface area contributed by atoms with Gasteiger partial charge in [0.25, 0.3) is 0 Å². The minimum Gasteiger partial charge on any atom is -0.549 e. The van der Waals surface area contributed by atoms with E-state index in [4.69, 9.17) is 11.6 Å². The van der Waals surface area contributed by atoms with E-state index in [9.17, 15) is 9.90 Å². The maximum atomic E-state index is 9.46. The van der Waals surface area contributed by atoms with Crippen molar-refractivity contribution in [2.24, 2.45) is 0 Å². The molecule has 0 aliphatic rings. The Bertz CT molecular complexity index is 59.8. The molecule has 0 amide bonds. The summed E-state index contributed by atoms with van der Waals surface area (Å²) in [6.45, 7) is 1.34. The molecule has 0 aromatic rings. The Morgan fingerprint density at radius 3 is 2.17 bits per heavy atom. The predicted octanol–water partition coefficient (Wildman–Crippen LogP) is -0.636. The second-order valence-corrected chi connectivity index (χ2v) is 1.59. The topological polar surface area (TPSA) is 40.1 Å². The highest BCUT2D eigenvalue weighted by Gasteiger charge is 1.90. The third-order valence-electron chi connectivity index (χ3n) is 0.325. The van der Waals surface area contributed by atoms with Gasteiger partial charge in [-0.15, -0.1) is 11.6 Å². The highest BCUT2D eigenvalue weighted by atomic mass is 35.5. The summed E-state index contributed by atoms with van der Waals surface area (Å²) in [7, 11) is 0. The molecule has 6 heavy (non-hydrogen) atoms. The molecular formula is C3H4ClO2-. The molecule has 0 aromatic heterocycles. The van der Waals surface area contributed by atoms with E-state index in [1.54, 1.807) is 0 Å². The molecule has 0 saturated carbocycles. The molecule has 0 saturated heterocycles. The van der Waals surface area contributed by atoms with Gasteiger partial charge in [-0.2, -0.15) is 0 Å². The van der Waals surface area contributed by atoms with E-state index in [1.165, 1.54) is 6.92 Å². The van der Waals surface area contributed by atoms with Crippen LogP contribution in [-0.2, 0) is 4.79 Å². The smallest absolute Gasteiger partial charge is 0.0702 e. The molecule has 0 aromatic carbocycles. The number of carboxylic acids is 1. The number of hydrogen-bond acceptors (Lipinski definition) is 2. The fourth-order valence-corrected chi connectivity index (χ4v) is 0. The molecule has 0 spiro atoms. The van der Waals surface area contributed by atoms with Crippen LogP contribution in [0.5, 0.6) is 0 Å². The Hall–Kier alpha value is -0.240. The Balaban J connectivity index is 3.26. The molecule has 0 radical (unpaired) electrons. The Morgan fingerprint density at radius 2 is 2.17 bits per heavy atom. The lowest BCUT2D eigenvalue weighted by molar-refractivity contribution is -0.304. The van der Waals surface area contributed by atoms with Gasteiger partial charge in [-0.1, -0.05) is 0 Å². The molecule has 0 heterocycles. The molecule has 0 aliphatic heterocycles. The first-order chi connectivity index (χ1) is 2.64. The maximum absolute atomic E-state index is 9.46. The van der Waals surface area contributed by atoms with Gasteiger partial charge in [-0.05, 0) is 6.92 Å². The van der Waals surface area contributed by atoms with Crippen molar-refractivity contribution in [3.8, 4) is 0 Å². The summed E-state index contributed by atoms with van der Waals surface area (Å²) in [4.78, 5) is 9.46. The molecular weight excluding hydrogens is 103 g/mol. The fourth-order valence-electron chi connectivity index (χ4n) is 0. The van der Waals surface area contributed by atoms with Gasteiger partial charge in [0.15, 0.2) is 0 Å². The average Bonchev–Trinajstić information content (AvgIpc) is 1.36. The van der Waals surface area contributed by atoms with Crippen LogP contribution in [0.2, 0.25) is 0 Å². The van der Waals surface area contributed by atoms with Crippen LogP contribution in [0.25, 0.3) is 0 Å². The number of carbonyl (C=O) groups excluding carboxylic acids is 1. The maximum Gasteiger partial charge on any atom is 0.0702 e. The van der Waals surface area contributed by atoms with Gasteiger partial charge < -0.3 is 9.90 Å². The van der Waals surface area contributed by atoms with Crippen molar-refractivity contribution in [3.63, 3.8) is 0 Å². The van der Waals surface area contributed by atoms with Crippen molar-refractivity contribution < 1.29 is 9.90 Å². The van der Waals surface area contributed by atoms with Crippen LogP contribution in [0.1, 0.15) is 6.92 Å². The van der Waals surface area contributed by atoms with E-state index in [-0.39, 0.29) is 0 Å². The standard InChI is InChI=1S/C3H5ClO2/c1-2(4)3(5)6/h2H,1H3,(H,5,6)/p-1/t2-/m1/s1. The molecule has 36 valence electrons. The zero-order valence-electron chi connectivity index (χ0n) is 3.27. The predicted molar refractivity (Wildman–Crippen MR) is 20.3 cm³/mol. The first-order valence-corrected chi connectivity index (χ1v) is 1.93. The van der Waals surface area contributed by atoms with E-state index in [0.29, 0.717) is 0 Å². The number of aliphatic carboxylic acids is 1. The molecule has 0 fully saturated rings. The normalized spacial score (nSPS) is 13.7. The highest BCUT2D eigenvalue weighted by molar-refractivity contribution is 6.28. The van der Waals surface area contributed by atoms with E-state index >= 15 is 0 Å². The van der Waals surface area contributed by atoms with Crippen LogP contribution in [-0.4, -0.2) is 11.3 Å². The van der Waals surface area contributed by atoms with Gasteiger partial charge in [0.2, 0.25) is 0 Å². The number of alkyl halides is 1. The van der Waals surface area contributed by atoms with Crippen LogP contribution in [0, 0.1) is 0 Å². The fraction of sp³-hybridized carbons (Fsp3) is 0.667. The van der Waals surface area contributed by atoms with Crippen LogP contribution >= 0.6 is 11.6 Å². The number of rotatable bonds is 1. The van der Waals surface area contributed by atoms with Crippen molar-refractivity contribution in [1.29, 1.82) is 0 Å². The Kier molecular flexibility index (Phi) is 1.95. The van der Waals surface area contributed by atoms with Crippen LogP contribution < -0.4 is 5.11 Å². The summed E-state index contributed by atoms with van der Waals surface area (Å²) < 4.78 is 0. The van der Waals surface area contributed by atoms with Crippen LogP contribution in [0.4, 0.5) is 0 Å². The third kappa shape index (κ3) is 2.03. The minimum atomic E-state index is -1.23. The van der Waals surface area contributed by atoms with Gasteiger partial charge in [0.1, 0.15) is 0 Å². The lowest BCUT2D eigenvalue weighted by Crippen LogP contribution is -2.29. The van der Waals surface area contributed by atoms with Gasteiger partial charge in [0.05, 0.1) is 11.3 Å². The van der Waals surface area contributed by atoms with Crippen molar-refractivity contribution in [2.45, 2.75) is 12.3 Å². The monoisotopic (exact) mass is 107 g/mol. The van der Waals surface area contributed by atoms with Gasteiger partial charge >= 0.3 is 0 Å². The average molecular weight is 108 g/mol. The molecule has 0 N–H and O–H groups in total. The van der Waals surface area contributed by atoms with Gasteiger partial charge in [0, 0.05) is 0 Å². The second kappa shape index (κ2) is 2.03. The lowest BCUT2D eigenvalue weighted by Gasteiger charge is -1.98. The molecule has 0 bridgehead atoms. The van der Waals surface area contributed by atoms with Gasteiger partial charge in [-0.3, -0.25) is 0 Å². The largest absolute Gasteiger partial charge is 0.549 e. The third-order valence-corrected chi connectivity index (χ3v) is 0.503. The summed E-state index contributed by atoms with van der Waals surface area (Å²) >= 11 is 4.95. The molecule has 0 unspecified atom stereocenters. The summed E-state index contributed by atoms with van der Waals surface area (Å²) in [6.07, 6.45) is 0. The highest BCUT2D eigenvalue weighted by Crippen LogP contribution is 1.86. The summed E-state index contributed by atoms with van der Waals surface area (Å²) in [5.74, 6) is -1.23. The summed E-state index contributed by atoms with van der Waals surface area (Å²) in [6, 6.07) is 0. The zero-order chi connectivity index (χ0) is 5.15. The first kappa shape index (κ1) is 5.76. The van der Waals surface area contributed by atoms with E-state index < -0.39 is 11.3 Å². The summed E-state index contributed by atoms with van der Waals surface area (Å²) in [5, 5.41) is 8.59. The quantitative estimate of drug-likeness (QED) is 0.419. The lowest BCUT2D eigenvalue weighted by atomic mass is 10.5. The molecule has 3 heteroatoms. The van der Waals surface area contributed by atoms with Crippen molar-refractivity contribution in [3.05, 3.63) is 0 Å². The van der Waals surface area contributed by atoms with Gasteiger partial charge in [-0.25, -0.2) is 0 Å². The van der Waals surface area contributed by atoms with Crippen LogP contribution in [0.15, 0.2) is 0 Å². The van der Waals surface area contributed by atoms with Crippen molar-refractivity contribution in [1.82, 2.24) is 0 Å². The van der Waals surface area contributed by atoms with E-state index in [1.807, 2.05) is 0 Å². The van der Waals surface area contributed by atoms with Crippen molar-refractivity contribution in [2.75, 3.05) is 0 Å². The molecule has 0 rings (SSSR count). The number of carbonyl (C=O) groups is 1. The van der Waals surface area contributed by atoms with E-state index in [0.717, 1.165) is 0 Å². The zero-order valence-corrected chi connectivity index (χ0v) is 4.03. The Labute approximate surface area is 40.7 Å². The SMILES string of the molecule is C[C@@H](Cl)C(=O)[O-]. The minimum absolute atomic E-state index is 0.870. The second-order valence-electron chi connectivity index (χ2n) is 0.935. The number of hydrogen-bond donors (Lipinski definition) is 0. The Morgan fingerprint density at radius 1 is 2.00 bits per heavy atom. The first-order valence-electron chi connectivity index (χ1n) is 1.49. The number of halogens is 1. The molecule has 1 atom stereocenters. The van der Waals surface area contributed by atoms with E-state index in [2.05, 4.69) is 0 Å². The molecule has 0 aliphatic carbocycles. The number of carboxylic acid groups (broad SMARTS) is 1.